The summed E-state index contributed by atoms with van der Waals surface area (Å²) in [7, 11) is 0. The van der Waals surface area contributed by atoms with Crippen molar-refractivity contribution in [3.8, 4) is 0 Å². The van der Waals surface area contributed by atoms with Crippen LogP contribution in [-0.2, 0) is 38.1 Å². The molecule has 1 aliphatic rings. The summed E-state index contributed by atoms with van der Waals surface area (Å²) in [6, 6.07) is 0. The van der Waals surface area contributed by atoms with Gasteiger partial charge in [-0.05, 0) is 41.5 Å². The highest BCUT2D eigenvalue weighted by atomic mass is 16.7. The summed E-state index contributed by atoms with van der Waals surface area (Å²) in [4.78, 5) is 35.5. The Hall–Kier alpha value is -1.93. The summed E-state index contributed by atoms with van der Waals surface area (Å²) in [5, 5.41) is 0. The first kappa shape index (κ1) is 23.1. The van der Waals surface area contributed by atoms with Crippen LogP contribution in [0, 0.1) is 0 Å². The normalized spacial score (nSPS) is 21.9. The van der Waals surface area contributed by atoms with Crippen LogP contribution in [0.3, 0.4) is 0 Å². The molecular formula is C19H30O8. The molecule has 0 aliphatic carbocycles. The van der Waals surface area contributed by atoms with Gasteiger partial charge < -0.3 is 23.7 Å². The van der Waals surface area contributed by atoms with Gasteiger partial charge in [0.05, 0.1) is 12.5 Å². The van der Waals surface area contributed by atoms with Gasteiger partial charge in [-0.2, -0.15) is 0 Å². The molecule has 2 unspecified atom stereocenters. The molecule has 1 heterocycles. The second-order valence-corrected chi connectivity index (χ2v) is 7.86. The number of esters is 3. The van der Waals surface area contributed by atoms with Crippen LogP contribution in [0.25, 0.3) is 0 Å². The maximum atomic E-state index is 12.2. The summed E-state index contributed by atoms with van der Waals surface area (Å²) >= 11 is 0. The highest BCUT2D eigenvalue weighted by molar-refractivity contribution is 5.86. The highest BCUT2D eigenvalue weighted by Gasteiger charge is 2.40. The van der Waals surface area contributed by atoms with Gasteiger partial charge in [0.2, 0.25) is 0 Å². The molecule has 8 nitrogen and oxygen atoms in total. The summed E-state index contributed by atoms with van der Waals surface area (Å²) in [6.07, 6.45) is -1.27. The molecule has 2 atom stereocenters. The van der Waals surface area contributed by atoms with E-state index in [0.29, 0.717) is 0 Å². The molecule has 1 saturated heterocycles. The minimum Gasteiger partial charge on any atom is -0.460 e. The molecule has 0 saturated carbocycles. The largest absolute Gasteiger partial charge is 0.460 e. The zero-order valence-corrected chi connectivity index (χ0v) is 17.0. The van der Waals surface area contributed by atoms with Gasteiger partial charge in [-0.15, -0.1) is 0 Å². The number of hydrogen-bond donors (Lipinski definition) is 0. The van der Waals surface area contributed by atoms with Crippen molar-refractivity contribution in [1.82, 2.24) is 0 Å². The molecule has 1 aliphatic heterocycles. The fourth-order valence-electron chi connectivity index (χ4n) is 2.44. The van der Waals surface area contributed by atoms with Gasteiger partial charge >= 0.3 is 17.9 Å². The third-order valence-corrected chi connectivity index (χ3v) is 3.34. The number of carbonyl (C=O) groups excluding carboxylic acids is 3. The van der Waals surface area contributed by atoms with Crippen molar-refractivity contribution >= 4 is 17.9 Å². The molecule has 1 fully saturated rings. The number of carbonyl (C=O) groups is 3. The van der Waals surface area contributed by atoms with E-state index in [9.17, 15) is 14.4 Å². The predicted molar refractivity (Wildman–Crippen MR) is 95.6 cm³/mol. The van der Waals surface area contributed by atoms with Crippen molar-refractivity contribution in [2.24, 2.45) is 0 Å². The standard InChI is InChI=1S/C19H30O8/c1-12(2)16(21)23-8-9-24-17(22)14-10-13(25-19(6,7)26-14)11-15(20)27-18(3,4)5/h13-14H,1,8-11H2,2-7H3. The van der Waals surface area contributed by atoms with E-state index in [4.69, 9.17) is 23.7 Å². The third-order valence-electron chi connectivity index (χ3n) is 3.34. The second-order valence-electron chi connectivity index (χ2n) is 7.86. The fraction of sp³-hybridized carbons (Fsp3) is 0.737. The molecule has 0 bridgehead atoms. The molecule has 154 valence electrons. The maximum Gasteiger partial charge on any atom is 0.335 e. The Labute approximate surface area is 160 Å². The van der Waals surface area contributed by atoms with Gasteiger partial charge in [-0.1, -0.05) is 6.58 Å². The average molecular weight is 386 g/mol. The van der Waals surface area contributed by atoms with Gasteiger partial charge in [-0.3, -0.25) is 4.79 Å². The first-order chi connectivity index (χ1) is 12.3. The van der Waals surface area contributed by atoms with Crippen molar-refractivity contribution in [3.63, 3.8) is 0 Å². The summed E-state index contributed by atoms with van der Waals surface area (Å²) in [5.74, 6) is -2.62. The van der Waals surface area contributed by atoms with Crippen LogP contribution in [0.1, 0.15) is 54.4 Å². The molecule has 0 spiro atoms. The number of hydrogen-bond acceptors (Lipinski definition) is 8. The Bertz CT molecular complexity index is 573. The monoisotopic (exact) mass is 386 g/mol. The van der Waals surface area contributed by atoms with E-state index in [0.717, 1.165) is 0 Å². The molecular weight excluding hydrogens is 356 g/mol. The second kappa shape index (κ2) is 9.32. The van der Waals surface area contributed by atoms with E-state index in [1.54, 1.807) is 34.6 Å². The number of rotatable bonds is 7. The van der Waals surface area contributed by atoms with Crippen LogP contribution in [-0.4, -0.2) is 54.7 Å². The van der Waals surface area contributed by atoms with Crippen molar-refractivity contribution < 1.29 is 38.1 Å². The lowest BCUT2D eigenvalue weighted by atomic mass is 10.1. The van der Waals surface area contributed by atoms with E-state index in [1.165, 1.54) is 6.92 Å². The van der Waals surface area contributed by atoms with Crippen LogP contribution in [0.4, 0.5) is 0 Å². The van der Waals surface area contributed by atoms with E-state index in [1.807, 2.05) is 0 Å². The Morgan fingerprint density at radius 2 is 1.70 bits per heavy atom. The Balaban J connectivity index is 2.54. The molecule has 0 aromatic heterocycles. The molecule has 0 radical (unpaired) electrons. The average Bonchev–Trinajstić information content (AvgIpc) is 2.47. The molecule has 8 heteroatoms. The Kier molecular flexibility index (Phi) is 7.98. The van der Waals surface area contributed by atoms with E-state index in [-0.39, 0.29) is 31.6 Å². The van der Waals surface area contributed by atoms with Crippen LogP contribution in [0.5, 0.6) is 0 Å². The minimum atomic E-state index is -1.05. The fourth-order valence-corrected chi connectivity index (χ4v) is 2.44. The molecule has 0 aromatic rings. The van der Waals surface area contributed by atoms with Gasteiger partial charge in [0.25, 0.3) is 0 Å². The summed E-state index contributed by atoms with van der Waals surface area (Å²) in [5.41, 5.74) is -0.335. The number of ether oxygens (including phenoxy) is 5. The minimum absolute atomic E-state index is 0.00403. The first-order valence-corrected chi connectivity index (χ1v) is 8.86. The molecule has 0 amide bonds. The first-order valence-electron chi connectivity index (χ1n) is 8.86. The van der Waals surface area contributed by atoms with Gasteiger partial charge in [-0.25, -0.2) is 9.59 Å². The highest BCUT2D eigenvalue weighted by Crippen LogP contribution is 2.29. The van der Waals surface area contributed by atoms with Gasteiger partial charge in [0, 0.05) is 12.0 Å². The van der Waals surface area contributed by atoms with Gasteiger partial charge in [0.15, 0.2) is 11.9 Å². The molecule has 0 N–H and O–H groups in total. The van der Waals surface area contributed by atoms with Crippen molar-refractivity contribution in [2.45, 2.75) is 78.0 Å². The zero-order chi connectivity index (χ0) is 20.8. The van der Waals surface area contributed by atoms with Crippen LogP contribution >= 0.6 is 0 Å². The van der Waals surface area contributed by atoms with E-state index >= 15 is 0 Å². The molecule has 0 aromatic carbocycles. The Morgan fingerprint density at radius 3 is 2.26 bits per heavy atom. The summed E-state index contributed by atoms with van der Waals surface area (Å²) < 4.78 is 26.6. The molecule has 1 rings (SSSR count). The van der Waals surface area contributed by atoms with Crippen molar-refractivity contribution in [1.29, 1.82) is 0 Å². The SMILES string of the molecule is C=C(C)C(=O)OCCOC(=O)C1CC(CC(=O)OC(C)(C)C)OC(C)(C)O1. The third kappa shape index (κ3) is 9.01. The summed E-state index contributed by atoms with van der Waals surface area (Å²) in [6.45, 7) is 13.5. The predicted octanol–water partition coefficient (Wildman–Crippen LogP) is 2.29. The van der Waals surface area contributed by atoms with Crippen LogP contribution < -0.4 is 0 Å². The van der Waals surface area contributed by atoms with Gasteiger partial charge in [0.1, 0.15) is 18.8 Å². The Morgan fingerprint density at radius 1 is 1.11 bits per heavy atom. The smallest absolute Gasteiger partial charge is 0.335 e. The van der Waals surface area contributed by atoms with Crippen molar-refractivity contribution in [3.05, 3.63) is 12.2 Å². The lowest BCUT2D eigenvalue weighted by Gasteiger charge is -2.39. The van der Waals surface area contributed by atoms with E-state index in [2.05, 4.69) is 6.58 Å². The lowest BCUT2D eigenvalue weighted by Crippen LogP contribution is -2.49. The molecule has 27 heavy (non-hydrogen) atoms. The quantitative estimate of drug-likeness (QED) is 0.284. The zero-order valence-electron chi connectivity index (χ0n) is 17.0. The maximum absolute atomic E-state index is 12.2. The topological polar surface area (TPSA) is 97.4 Å². The van der Waals surface area contributed by atoms with Crippen LogP contribution in [0.15, 0.2) is 12.2 Å². The lowest BCUT2D eigenvalue weighted by molar-refractivity contribution is -0.298. The van der Waals surface area contributed by atoms with Crippen LogP contribution in [0.2, 0.25) is 0 Å². The van der Waals surface area contributed by atoms with Crippen molar-refractivity contribution in [2.75, 3.05) is 13.2 Å². The van der Waals surface area contributed by atoms with E-state index < -0.39 is 41.5 Å².